The fourth-order valence-corrected chi connectivity index (χ4v) is 3.16. The number of sulfonamides is 1. The average Bonchev–Trinajstić information content (AvgIpc) is 2.65. The first kappa shape index (κ1) is 23.0. The van der Waals surface area contributed by atoms with E-state index in [2.05, 4.69) is 15.6 Å². The molecule has 9 heteroatoms. The molecular weight excluding hydrogens is 368 g/mol. The van der Waals surface area contributed by atoms with Crippen molar-refractivity contribution >= 4 is 21.7 Å². The minimum Gasteiger partial charge on any atom is -0.493 e. The van der Waals surface area contributed by atoms with Crippen molar-refractivity contribution in [2.75, 3.05) is 51.5 Å². The second kappa shape index (κ2) is 11.7. The monoisotopic (exact) mass is 400 g/mol. The van der Waals surface area contributed by atoms with E-state index in [1.165, 1.54) is 4.31 Å². The van der Waals surface area contributed by atoms with Crippen molar-refractivity contribution in [2.45, 2.75) is 27.2 Å². The summed E-state index contributed by atoms with van der Waals surface area (Å²) in [5.41, 5.74) is 0.824. The molecule has 0 fully saturated rings. The van der Waals surface area contributed by atoms with Gasteiger partial charge in [-0.05, 0) is 39.3 Å². The molecule has 0 aliphatic carbocycles. The number of benzene rings is 1. The highest BCUT2D eigenvalue weighted by Crippen LogP contribution is 2.30. The molecule has 2 N–H and O–H groups in total. The van der Waals surface area contributed by atoms with Gasteiger partial charge in [0, 0.05) is 38.4 Å². The van der Waals surface area contributed by atoms with Gasteiger partial charge in [0.05, 0.1) is 19.5 Å². The van der Waals surface area contributed by atoms with Gasteiger partial charge in [-0.3, -0.25) is 4.99 Å². The van der Waals surface area contributed by atoms with E-state index in [0.29, 0.717) is 50.1 Å². The predicted molar refractivity (Wildman–Crippen MR) is 110 cm³/mol. The van der Waals surface area contributed by atoms with Gasteiger partial charge in [-0.2, -0.15) is 0 Å². The molecule has 0 aliphatic rings. The maximum atomic E-state index is 11.8. The molecule has 0 spiro atoms. The number of anilines is 1. The number of methoxy groups -OCH3 is 1. The van der Waals surface area contributed by atoms with E-state index in [1.807, 2.05) is 32.0 Å². The van der Waals surface area contributed by atoms with E-state index in [1.54, 1.807) is 21.1 Å². The van der Waals surface area contributed by atoms with Crippen LogP contribution in [0.1, 0.15) is 27.2 Å². The van der Waals surface area contributed by atoms with Crippen molar-refractivity contribution in [2.24, 2.45) is 4.99 Å². The maximum absolute atomic E-state index is 11.8. The van der Waals surface area contributed by atoms with Gasteiger partial charge in [-0.1, -0.05) is 0 Å². The van der Waals surface area contributed by atoms with Crippen molar-refractivity contribution in [3.05, 3.63) is 18.2 Å². The Kier molecular flexibility index (Phi) is 9.95. The van der Waals surface area contributed by atoms with E-state index in [9.17, 15) is 8.42 Å². The summed E-state index contributed by atoms with van der Waals surface area (Å²) in [6.07, 6.45) is 0.638. The summed E-state index contributed by atoms with van der Waals surface area (Å²) in [6.45, 7) is 7.75. The van der Waals surface area contributed by atoms with Crippen LogP contribution in [0, 0.1) is 0 Å². The Morgan fingerprint density at radius 3 is 2.56 bits per heavy atom. The molecule has 0 saturated heterocycles. The molecule has 0 unspecified atom stereocenters. The predicted octanol–water partition coefficient (Wildman–Crippen LogP) is 2.14. The van der Waals surface area contributed by atoms with Gasteiger partial charge in [0.15, 0.2) is 17.5 Å². The van der Waals surface area contributed by atoms with Crippen LogP contribution in [0.4, 0.5) is 5.69 Å². The third-order valence-electron chi connectivity index (χ3n) is 3.81. The number of nitrogens with zero attached hydrogens (tertiary/aromatic N) is 2. The van der Waals surface area contributed by atoms with Crippen molar-refractivity contribution in [3.63, 3.8) is 0 Å². The van der Waals surface area contributed by atoms with E-state index in [-0.39, 0.29) is 5.75 Å². The van der Waals surface area contributed by atoms with Crippen LogP contribution in [0.3, 0.4) is 0 Å². The van der Waals surface area contributed by atoms with Crippen LogP contribution in [0.15, 0.2) is 23.2 Å². The standard InChI is InChI=1S/C18H32N4O4S/c1-6-19-18(20-12-9-13-22(4)27(23,24)8-3)21-15-10-11-16(25-5)17(14-15)26-7-2/h10-11,14H,6-9,12-13H2,1-5H3,(H2,19,20,21). The SMILES string of the molecule is CCNC(=NCCCN(C)S(=O)(=O)CC)Nc1ccc(OC)c(OCC)c1. The Morgan fingerprint density at radius 1 is 1.22 bits per heavy atom. The number of hydrogen-bond donors (Lipinski definition) is 2. The third kappa shape index (κ3) is 7.64. The molecule has 0 atom stereocenters. The Morgan fingerprint density at radius 2 is 1.96 bits per heavy atom. The summed E-state index contributed by atoms with van der Waals surface area (Å²) in [4.78, 5) is 4.51. The smallest absolute Gasteiger partial charge is 0.213 e. The highest BCUT2D eigenvalue weighted by molar-refractivity contribution is 7.89. The molecular formula is C18H32N4O4S. The van der Waals surface area contributed by atoms with E-state index in [0.717, 1.165) is 5.69 Å². The number of hydrogen-bond acceptors (Lipinski definition) is 5. The summed E-state index contributed by atoms with van der Waals surface area (Å²) < 4.78 is 35.8. The molecule has 0 radical (unpaired) electrons. The van der Waals surface area contributed by atoms with Gasteiger partial charge in [0.1, 0.15) is 0 Å². The van der Waals surface area contributed by atoms with Crippen LogP contribution in [0.5, 0.6) is 11.5 Å². The molecule has 0 aliphatic heterocycles. The lowest BCUT2D eigenvalue weighted by Crippen LogP contribution is -2.32. The Labute approximate surface area is 163 Å². The molecule has 0 amide bonds. The molecule has 8 nitrogen and oxygen atoms in total. The summed E-state index contributed by atoms with van der Waals surface area (Å²) >= 11 is 0. The molecule has 1 rings (SSSR count). The summed E-state index contributed by atoms with van der Waals surface area (Å²) in [5.74, 6) is 2.07. The van der Waals surface area contributed by atoms with Crippen LogP contribution in [-0.2, 0) is 10.0 Å². The highest BCUT2D eigenvalue weighted by atomic mass is 32.2. The lowest BCUT2D eigenvalue weighted by atomic mass is 10.2. The molecule has 27 heavy (non-hydrogen) atoms. The lowest BCUT2D eigenvalue weighted by molar-refractivity contribution is 0.311. The van der Waals surface area contributed by atoms with Crippen LogP contribution in [0.25, 0.3) is 0 Å². The zero-order valence-electron chi connectivity index (χ0n) is 16.9. The quantitative estimate of drug-likeness (QED) is 0.336. The fraction of sp³-hybridized carbons (Fsp3) is 0.611. The molecule has 0 aromatic heterocycles. The van der Waals surface area contributed by atoms with Gasteiger partial charge >= 0.3 is 0 Å². The van der Waals surface area contributed by atoms with Crippen molar-refractivity contribution in [3.8, 4) is 11.5 Å². The minimum absolute atomic E-state index is 0.108. The number of ether oxygens (including phenoxy) is 2. The van der Waals surface area contributed by atoms with E-state index >= 15 is 0 Å². The third-order valence-corrected chi connectivity index (χ3v) is 5.67. The fourth-order valence-electron chi connectivity index (χ4n) is 2.31. The van der Waals surface area contributed by atoms with Crippen LogP contribution >= 0.6 is 0 Å². The molecule has 1 aromatic carbocycles. The van der Waals surface area contributed by atoms with Gasteiger partial charge in [-0.25, -0.2) is 12.7 Å². The number of aliphatic imine (C=N–C) groups is 1. The zero-order chi connectivity index (χ0) is 20.3. The summed E-state index contributed by atoms with van der Waals surface area (Å²) in [5, 5.41) is 6.41. The van der Waals surface area contributed by atoms with Gasteiger partial charge in [0.25, 0.3) is 0 Å². The Hall–Kier alpha value is -2.00. The van der Waals surface area contributed by atoms with Crippen LogP contribution < -0.4 is 20.1 Å². The van der Waals surface area contributed by atoms with Crippen LogP contribution in [0.2, 0.25) is 0 Å². The van der Waals surface area contributed by atoms with Crippen molar-refractivity contribution in [1.29, 1.82) is 0 Å². The molecule has 0 saturated carbocycles. The van der Waals surface area contributed by atoms with Gasteiger partial charge < -0.3 is 20.1 Å². The summed E-state index contributed by atoms with van der Waals surface area (Å²) in [7, 11) is 0.0525. The zero-order valence-corrected chi connectivity index (χ0v) is 17.7. The number of guanidine groups is 1. The van der Waals surface area contributed by atoms with Crippen LogP contribution in [-0.4, -0.2) is 64.8 Å². The average molecular weight is 401 g/mol. The first-order valence-electron chi connectivity index (χ1n) is 9.18. The maximum Gasteiger partial charge on any atom is 0.213 e. The molecule has 0 heterocycles. The Balaban J connectivity index is 2.73. The normalized spacial score (nSPS) is 12.1. The van der Waals surface area contributed by atoms with E-state index in [4.69, 9.17) is 9.47 Å². The number of nitrogens with one attached hydrogen (secondary N) is 2. The number of rotatable bonds is 11. The first-order chi connectivity index (χ1) is 12.9. The molecule has 154 valence electrons. The second-order valence-corrected chi connectivity index (χ2v) is 8.12. The molecule has 1 aromatic rings. The Bertz CT molecular complexity index is 707. The highest BCUT2D eigenvalue weighted by Gasteiger charge is 2.14. The molecule has 0 bridgehead atoms. The largest absolute Gasteiger partial charge is 0.493 e. The second-order valence-electron chi connectivity index (χ2n) is 5.76. The topological polar surface area (TPSA) is 92.3 Å². The summed E-state index contributed by atoms with van der Waals surface area (Å²) in [6, 6.07) is 5.58. The van der Waals surface area contributed by atoms with Crippen molar-refractivity contribution < 1.29 is 17.9 Å². The van der Waals surface area contributed by atoms with E-state index < -0.39 is 10.0 Å². The van der Waals surface area contributed by atoms with Gasteiger partial charge in [-0.15, -0.1) is 0 Å². The van der Waals surface area contributed by atoms with Gasteiger partial charge in [0.2, 0.25) is 10.0 Å². The minimum atomic E-state index is -3.15. The van der Waals surface area contributed by atoms with Crippen molar-refractivity contribution in [1.82, 2.24) is 9.62 Å². The lowest BCUT2D eigenvalue weighted by Gasteiger charge is -2.16. The first-order valence-corrected chi connectivity index (χ1v) is 10.8.